The number of benzene rings is 3. The fourth-order valence-corrected chi connectivity index (χ4v) is 3.64. The molecule has 0 aliphatic rings. The van der Waals surface area contributed by atoms with E-state index in [1.807, 2.05) is 30.3 Å². The van der Waals surface area contributed by atoms with E-state index in [0.29, 0.717) is 28.2 Å². The highest BCUT2D eigenvalue weighted by molar-refractivity contribution is 6.54. The number of anilines is 2. The van der Waals surface area contributed by atoms with Gasteiger partial charge in [-0.1, -0.05) is 59.6 Å². The SMILES string of the molecule is CN(C(=O)C(Cl)Cl)c1ccc(-c2nn(-c3ccccc3)cc2C(=O)Nc2cccc(F)c2)cc1. The number of nitrogens with zero attached hydrogens (tertiary/aromatic N) is 3. The van der Waals surface area contributed by atoms with Gasteiger partial charge in [0.25, 0.3) is 11.8 Å². The summed E-state index contributed by atoms with van der Waals surface area (Å²) in [4.78, 5) is 25.4. The zero-order valence-corrected chi connectivity index (χ0v) is 19.5. The minimum atomic E-state index is -1.18. The van der Waals surface area contributed by atoms with E-state index in [-0.39, 0.29) is 0 Å². The van der Waals surface area contributed by atoms with Crippen LogP contribution in [0, 0.1) is 5.82 Å². The molecule has 0 fully saturated rings. The van der Waals surface area contributed by atoms with Crippen LogP contribution >= 0.6 is 23.2 Å². The summed E-state index contributed by atoms with van der Waals surface area (Å²) in [6.07, 6.45) is 1.62. The lowest BCUT2D eigenvalue weighted by Gasteiger charge is -2.18. The van der Waals surface area contributed by atoms with Gasteiger partial charge < -0.3 is 10.2 Å². The predicted molar refractivity (Wildman–Crippen MR) is 132 cm³/mol. The fraction of sp³-hybridized carbons (Fsp3) is 0.0800. The summed E-state index contributed by atoms with van der Waals surface area (Å²) in [5, 5.41) is 7.34. The molecule has 1 heterocycles. The molecular weight excluding hydrogens is 478 g/mol. The highest BCUT2D eigenvalue weighted by atomic mass is 35.5. The van der Waals surface area contributed by atoms with Crippen LogP contribution in [0.5, 0.6) is 0 Å². The van der Waals surface area contributed by atoms with Crippen molar-refractivity contribution < 1.29 is 14.0 Å². The predicted octanol–water partition coefficient (Wildman–Crippen LogP) is 5.70. The summed E-state index contributed by atoms with van der Waals surface area (Å²) < 4.78 is 15.2. The quantitative estimate of drug-likeness (QED) is 0.348. The molecule has 1 N–H and O–H groups in total. The number of carbonyl (C=O) groups excluding carboxylic acids is 2. The van der Waals surface area contributed by atoms with E-state index in [4.69, 9.17) is 23.2 Å². The van der Waals surface area contributed by atoms with E-state index in [2.05, 4.69) is 10.4 Å². The van der Waals surface area contributed by atoms with Gasteiger partial charge in [-0.2, -0.15) is 5.10 Å². The second kappa shape index (κ2) is 10.1. The first-order chi connectivity index (χ1) is 16.3. The number of carbonyl (C=O) groups is 2. The van der Waals surface area contributed by atoms with E-state index >= 15 is 0 Å². The van der Waals surface area contributed by atoms with E-state index in [1.54, 1.807) is 48.3 Å². The van der Waals surface area contributed by atoms with Crippen molar-refractivity contribution in [3.8, 4) is 16.9 Å². The van der Waals surface area contributed by atoms with Crippen molar-refractivity contribution in [2.75, 3.05) is 17.3 Å². The summed E-state index contributed by atoms with van der Waals surface area (Å²) in [5.74, 6) is -1.35. The maximum atomic E-state index is 13.6. The third kappa shape index (κ3) is 5.11. The van der Waals surface area contributed by atoms with Crippen LogP contribution in [0.4, 0.5) is 15.8 Å². The van der Waals surface area contributed by atoms with Gasteiger partial charge in [-0.05, 0) is 42.5 Å². The molecule has 2 amide bonds. The van der Waals surface area contributed by atoms with Gasteiger partial charge in [0.05, 0.1) is 11.3 Å². The second-order valence-electron chi connectivity index (χ2n) is 7.38. The zero-order chi connectivity index (χ0) is 24.2. The molecule has 6 nitrogen and oxygen atoms in total. The molecule has 0 aliphatic carbocycles. The molecule has 3 aromatic carbocycles. The van der Waals surface area contributed by atoms with Crippen molar-refractivity contribution in [2.24, 2.45) is 0 Å². The molecule has 4 rings (SSSR count). The van der Waals surface area contributed by atoms with Crippen LogP contribution in [0.15, 0.2) is 85.1 Å². The van der Waals surface area contributed by atoms with E-state index in [9.17, 15) is 14.0 Å². The molecule has 4 aromatic rings. The average Bonchev–Trinajstić information content (AvgIpc) is 3.29. The molecular formula is C25H19Cl2FN4O2. The molecule has 0 spiro atoms. The van der Waals surface area contributed by atoms with Gasteiger partial charge in [0.2, 0.25) is 0 Å². The van der Waals surface area contributed by atoms with E-state index in [1.165, 1.54) is 23.1 Å². The lowest BCUT2D eigenvalue weighted by atomic mass is 10.1. The summed E-state index contributed by atoms with van der Waals surface area (Å²) >= 11 is 11.4. The fourth-order valence-electron chi connectivity index (χ4n) is 3.35. The number of halogens is 3. The highest BCUT2D eigenvalue weighted by Gasteiger charge is 2.21. The van der Waals surface area contributed by atoms with Gasteiger partial charge in [-0.25, -0.2) is 9.07 Å². The Bertz CT molecular complexity index is 1320. The topological polar surface area (TPSA) is 67.2 Å². The Morgan fingerprint density at radius 1 is 1.00 bits per heavy atom. The standard InChI is InChI=1S/C25H19Cl2FN4O2/c1-31(25(34)23(26)27)19-12-10-16(11-13-19)22-21(15-32(30-22)20-8-3-2-4-9-20)24(33)29-18-7-5-6-17(28)14-18/h2-15,23H,1H3,(H,29,33). The van der Waals surface area contributed by atoms with Crippen molar-refractivity contribution in [3.63, 3.8) is 0 Å². The Kier molecular flexibility index (Phi) is 6.95. The van der Waals surface area contributed by atoms with Gasteiger partial charge in [-0.15, -0.1) is 0 Å². The maximum Gasteiger partial charge on any atom is 0.260 e. The van der Waals surface area contributed by atoms with E-state index < -0.39 is 22.5 Å². The largest absolute Gasteiger partial charge is 0.322 e. The smallest absolute Gasteiger partial charge is 0.260 e. The Morgan fingerprint density at radius 2 is 1.71 bits per heavy atom. The molecule has 172 valence electrons. The van der Waals surface area contributed by atoms with Crippen LogP contribution in [0.2, 0.25) is 0 Å². The van der Waals surface area contributed by atoms with Crippen LogP contribution in [0.3, 0.4) is 0 Å². The Labute approximate surface area is 205 Å². The van der Waals surface area contributed by atoms with Gasteiger partial charge >= 0.3 is 0 Å². The van der Waals surface area contributed by atoms with Crippen molar-refractivity contribution in [1.29, 1.82) is 0 Å². The first-order valence-corrected chi connectivity index (χ1v) is 11.1. The van der Waals surface area contributed by atoms with Gasteiger partial charge in [0.1, 0.15) is 11.5 Å². The molecule has 0 atom stereocenters. The zero-order valence-electron chi connectivity index (χ0n) is 18.0. The summed E-state index contributed by atoms with van der Waals surface area (Å²) in [6, 6.07) is 21.9. The molecule has 0 saturated heterocycles. The number of hydrogen-bond donors (Lipinski definition) is 1. The third-order valence-electron chi connectivity index (χ3n) is 5.11. The van der Waals surface area contributed by atoms with Crippen LogP contribution in [-0.2, 0) is 4.79 Å². The molecule has 34 heavy (non-hydrogen) atoms. The number of hydrogen-bond acceptors (Lipinski definition) is 3. The normalized spacial score (nSPS) is 10.9. The van der Waals surface area contributed by atoms with Crippen LogP contribution in [0.25, 0.3) is 16.9 Å². The summed E-state index contributed by atoms with van der Waals surface area (Å²) in [7, 11) is 1.57. The van der Waals surface area contributed by atoms with Crippen LogP contribution < -0.4 is 10.2 Å². The lowest BCUT2D eigenvalue weighted by Crippen LogP contribution is -2.30. The molecule has 0 radical (unpaired) electrons. The molecule has 0 bridgehead atoms. The first-order valence-electron chi connectivity index (χ1n) is 10.2. The highest BCUT2D eigenvalue weighted by Crippen LogP contribution is 2.27. The minimum absolute atomic E-state index is 0.298. The van der Waals surface area contributed by atoms with Crippen molar-refractivity contribution in [2.45, 2.75) is 4.84 Å². The Hall–Kier alpha value is -3.68. The van der Waals surface area contributed by atoms with Crippen molar-refractivity contribution in [3.05, 3.63) is 96.4 Å². The number of aromatic nitrogens is 2. The molecule has 9 heteroatoms. The number of rotatable bonds is 6. The number of amides is 2. The van der Waals surface area contributed by atoms with Crippen LogP contribution in [0.1, 0.15) is 10.4 Å². The summed E-state index contributed by atoms with van der Waals surface area (Å²) in [6.45, 7) is 0. The Morgan fingerprint density at radius 3 is 2.35 bits per heavy atom. The summed E-state index contributed by atoms with van der Waals surface area (Å²) in [5.41, 5.74) is 3.05. The average molecular weight is 497 g/mol. The van der Waals surface area contributed by atoms with E-state index in [0.717, 1.165) is 5.69 Å². The molecule has 0 aliphatic heterocycles. The van der Waals surface area contributed by atoms with Crippen LogP contribution in [-0.4, -0.2) is 33.5 Å². The molecule has 1 aromatic heterocycles. The number of nitrogens with one attached hydrogen (secondary N) is 1. The molecule has 0 saturated carbocycles. The third-order valence-corrected chi connectivity index (χ3v) is 5.48. The number of para-hydroxylation sites is 1. The second-order valence-corrected chi connectivity index (χ2v) is 8.48. The first kappa shape index (κ1) is 23.5. The van der Waals surface area contributed by atoms with Gasteiger partial charge in [0, 0.05) is 30.2 Å². The van der Waals surface area contributed by atoms with Crippen molar-refractivity contribution in [1.82, 2.24) is 9.78 Å². The van der Waals surface area contributed by atoms with Gasteiger partial charge in [-0.3, -0.25) is 9.59 Å². The van der Waals surface area contributed by atoms with Crippen molar-refractivity contribution >= 4 is 46.4 Å². The minimum Gasteiger partial charge on any atom is -0.322 e. The molecule has 0 unspecified atom stereocenters. The maximum absolute atomic E-state index is 13.6. The number of alkyl halides is 2. The van der Waals surface area contributed by atoms with Gasteiger partial charge in [0.15, 0.2) is 4.84 Å². The lowest BCUT2D eigenvalue weighted by molar-refractivity contribution is -0.116. The Balaban J connectivity index is 1.71. The monoisotopic (exact) mass is 496 g/mol.